The maximum absolute atomic E-state index is 10.5. The van der Waals surface area contributed by atoms with Crippen LogP contribution in [-0.4, -0.2) is 11.4 Å². The molecular formula is C9H6O2S2. The van der Waals surface area contributed by atoms with E-state index < -0.39 is 0 Å². The fraction of sp³-hybridized carbons (Fsp3) is 0. The van der Waals surface area contributed by atoms with Crippen LogP contribution in [0.5, 0.6) is 5.75 Å². The molecule has 1 heterocycles. The highest BCUT2D eigenvalue weighted by Crippen LogP contribution is 2.32. The predicted molar refractivity (Wildman–Crippen MR) is 56.1 cm³/mol. The fourth-order valence-electron chi connectivity index (χ4n) is 1.14. The highest BCUT2D eigenvalue weighted by molar-refractivity contribution is 7.80. The van der Waals surface area contributed by atoms with Gasteiger partial charge in [0, 0.05) is 9.60 Å². The molecule has 2 aromatic rings. The number of benzene rings is 1. The highest BCUT2D eigenvalue weighted by Gasteiger charge is 2.04. The summed E-state index contributed by atoms with van der Waals surface area (Å²) in [6.07, 6.45) is 0.805. The van der Waals surface area contributed by atoms with Crippen LogP contribution in [-0.2, 0) is 0 Å². The molecule has 0 unspecified atom stereocenters. The molecule has 0 radical (unpaired) electrons. The minimum atomic E-state index is 0.145. The molecule has 1 aromatic carbocycles. The van der Waals surface area contributed by atoms with E-state index in [9.17, 15) is 9.90 Å². The Morgan fingerprint density at radius 2 is 2.15 bits per heavy atom. The summed E-state index contributed by atoms with van der Waals surface area (Å²) in [6.45, 7) is 0. The first-order valence-electron chi connectivity index (χ1n) is 3.61. The van der Waals surface area contributed by atoms with Gasteiger partial charge in [0.1, 0.15) is 5.75 Å². The molecule has 0 saturated carbocycles. The summed E-state index contributed by atoms with van der Waals surface area (Å²) in [6, 6.07) is 5.12. The van der Waals surface area contributed by atoms with Crippen molar-refractivity contribution in [1.29, 1.82) is 0 Å². The highest BCUT2D eigenvalue weighted by atomic mass is 32.1. The van der Waals surface area contributed by atoms with Crippen LogP contribution in [0.15, 0.2) is 23.1 Å². The molecule has 0 aliphatic rings. The second-order valence-corrected chi connectivity index (χ2v) is 4.24. The first kappa shape index (κ1) is 8.59. The van der Waals surface area contributed by atoms with Crippen LogP contribution in [0.4, 0.5) is 0 Å². The van der Waals surface area contributed by atoms with E-state index in [1.807, 2.05) is 0 Å². The van der Waals surface area contributed by atoms with Gasteiger partial charge in [0.2, 0.25) is 0 Å². The SMILES string of the molecule is O=Cc1cc2cc(O)c(S)cc2s1. The zero-order valence-corrected chi connectivity index (χ0v) is 8.23. The van der Waals surface area contributed by atoms with Crippen molar-refractivity contribution in [3.63, 3.8) is 0 Å². The quantitative estimate of drug-likeness (QED) is 0.561. The summed E-state index contributed by atoms with van der Waals surface area (Å²) in [7, 11) is 0. The van der Waals surface area contributed by atoms with Crippen LogP contribution < -0.4 is 0 Å². The Hall–Kier alpha value is -1.00. The van der Waals surface area contributed by atoms with Crippen LogP contribution >= 0.6 is 24.0 Å². The molecule has 2 nitrogen and oxygen atoms in total. The average Bonchev–Trinajstić information content (AvgIpc) is 2.48. The van der Waals surface area contributed by atoms with Crippen LogP contribution in [0.25, 0.3) is 10.1 Å². The third-order valence-electron chi connectivity index (χ3n) is 1.75. The molecule has 66 valence electrons. The minimum absolute atomic E-state index is 0.145. The Morgan fingerprint density at radius 1 is 1.38 bits per heavy atom. The lowest BCUT2D eigenvalue weighted by molar-refractivity contribution is 0.112. The maximum atomic E-state index is 10.5. The molecule has 0 spiro atoms. The molecule has 0 atom stereocenters. The summed E-state index contributed by atoms with van der Waals surface area (Å²) in [4.78, 5) is 11.7. The molecule has 1 N–H and O–H groups in total. The summed E-state index contributed by atoms with van der Waals surface area (Å²) >= 11 is 5.47. The number of carbonyl (C=O) groups excluding carboxylic acids is 1. The number of fused-ring (bicyclic) bond motifs is 1. The molecule has 0 fully saturated rings. The number of hydrogen-bond donors (Lipinski definition) is 2. The van der Waals surface area contributed by atoms with Crippen LogP contribution in [0.3, 0.4) is 0 Å². The molecule has 1 aromatic heterocycles. The van der Waals surface area contributed by atoms with Gasteiger partial charge in [-0.2, -0.15) is 0 Å². The van der Waals surface area contributed by atoms with Gasteiger partial charge in [-0.1, -0.05) is 0 Å². The van der Waals surface area contributed by atoms with Crippen LogP contribution in [0.2, 0.25) is 0 Å². The second-order valence-electron chi connectivity index (χ2n) is 2.65. The van der Waals surface area contributed by atoms with Gasteiger partial charge >= 0.3 is 0 Å². The summed E-state index contributed by atoms with van der Waals surface area (Å²) in [5, 5.41) is 10.2. The van der Waals surface area contributed by atoms with E-state index >= 15 is 0 Å². The zero-order valence-electron chi connectivity index (χ0n) is 6.52. The van der Waals surface area contributed by atoms with E-state index in [0.717, 1.165) is 16.4 Å². The van der Waals surface area contributed by atoms with Crippen molar-refractivity contribution in [2.75, 3.05) is 0 Å². The Bertz CT molecular complexity index is 435. The lowest BCUT2D eigenvalue weighted by Crippen LogP contribution is -1.68. The Balaban J connectivity index is 2.77. The first-order valence-corrected chi connectivity index (χ1v) is 4.88. The van der Waals surface area contributed by atoms with Crippen molar-refractivity contribution in [2.24, 2.45) is 0 Å². The van der Waals surface area contributed by atoms with Gasteiger partial charge in [0.15, 0.2) is 6.29 Å². The Kier molecular flexibility index (Phi) is 2.01. The molecule has 0 aliphatic heterocycles. The topological polar surface area (TPSA) is 37.3 Å². The number of hydrogen-bond acceptors (Lipinski definition) is 4. The Labute approximate surface area is 84.2 Å². The third kappa shape index (κ3) is 1.43. The number of thiol groups is 1. The molecule has 2 rings (SSSR count). The first-order chi connectivity index (χ1) is 6.20. The number of phenols is 1. The normalized spacial score (nSPS) is 10.5. The van der Waals surface area contributed by atoms with E-state index in [1.165, 1.54) is 11.3 Å². The number of aromatic hydroxyl groups is 1. The van der Waals surface area contributed by atoms with E-state index in [1.54, 1.807) is 18.2 Å². The lowest BCUT2D eigenvalue weighted by atomic mass is 10.2. The van der Waals surface area contributed by atoms with Gasteiger partial charge in [-0.15, -0.1) is 24.0 Å². The molecule has 0 aliphatic carbocycles. The van der Waals surface area contributed by atoms with Crippen molar-refractivity contribution >= 4 is 40.3 Å². The van der Waals surface area contributed by atoms with Crippen molar-refractivity contribution < 1.29 is 9.90 Å². The van der Waals surface area contributed by atoms with Gasteiger partial charge in [-0.3, -0.25) is 4.79 Å². The standard InChI is InChI=1S/C9H6O2S2/c10-4-6-1-5-2-7(11)8(12)3-9(5)13-6/h1-4,11-12H. The zero-order chi connectivity index (χ0) is 9.42. The monoisotopic (exact) mass is 210 g/mol. The number of thiophene rings is 1. The molecule has 4 heteroatoms. The Morgan fingerprint density at radius 3 is 2.85 bits per heavy atom. The summed E-state index contributed by atoms with van der Waals surface area (Å²) < 4.78 is 0.963. The number of rotatable bonds is 1. The van der Waals surface area contributed by atoms with Gasteiger partial charge in [0.25, 0.3) is 0 Å². The van der Waals surface area contributed by atoms with Gasteiger partial charge < -0.3 is 5.11 Å². The predicted octanol–water partition coefficient (Wildman–Crippen LogP) is 2.71. The van der Waals surface area contributed by atoms with Gasteiger partial charge in [-0.05, 0) is 23.6 Å². The maximum Gasteiger partial charge on any atom is 0.160 e. The van der Waals surface area contributed by atoms with E-state index in [-0.39, 0.29) is 5.75 Å². The number of carbonyl (C=O) groups is 1. The summed E-state index contributed by atoms with van der Waals surface area (Å²) in [5.41, 5.74) is 0. The summed E-state index contributed by atoms with van der Waals surface area (Å²) in [5.74, 6) is 0.145. The van der Waals surface area contributed by atoms with E-state index in [0.29, 0.717) is 9.77 Å². The molecular weight excluding hydrogens is 204 g/mol. The van der Waals surface area contributed by atoms with Crippen molar-refractivity contribution in [1.82, 2.24) is 0 Å². The smallest absolute Gasteiger partial charge is 0.160 e. The van der Waals surface area contributed by atoms with Crippen LogP contribution in [0, 0.1) is 0 Å². The minimum Gasteiger partial charge on any atom is -0.507 e. The lowest BCUT2D eigenvalue weighted by Gasteiger charge is -1.95. The average molecular weight is 210 g/mol. The number of phenolic OH excluding ortho intramolecular Hbond substituents is 1. The van der Waals surface area contributed by atoms with Crippen molar-refractivity contribution in [3.05, 3.63) is 23.1 Å². The molecule has 0 amide bonds. The second kappa shape index (κ2) is 3.05. The molecule has 0 bridgehead atoms. The number of aldehydes is 1. The van der Waals surface area contributed by atoms with E-state index in [2.05, 4.69) is 12.6 Å². The van der Waals surface area contributed by atoms with Gasteiger partial charge in [-0.25, -0.2) is 0 Å². The molecule has 0 saturated heterocycles. The van der Waals surface area contributed by atoms with Gasteiger partial charge in [0.05, 0.1) is 4.88 Å². The largest absolute Gasteiger partial charge is 0.507 e. The van der Waals surface area contributed by atoms with Crippen molar-refractivity contribution in [2.45, 2.75) is 4.90 Å². The third-order valence-corrected chi connectivity index (χ3v) is 3.13. The fourth-order valence-corrected chi connectivity index (χ4v) is 2.32. The van der Waals surface area contributed by atoms with Crippen molar-refractivity contribution in [3.8, 4) is 5.75 Å². The van der Waals surface area contributed by atoms with Crippen LogP contribution in [0.1, 0.15) is 9.67 Å². The van der Waals surface area contributed by atoms with E-state index in [4.69, 9.17) is 0 Å². The molecule has 13 heavy (non-hydrogen) atoms.